The Morgan fingerprint density at radius 2 is 1.73 bits per heavy atom. The van der Waals surface area contributed by atoms with Crippen LogP contribution in [0.1, 0.15) is 19.4 Å². The first kappa shape index (κ1) is 11.7. The average Bonchev–Trinajstić information content (AvgIpc) is 2.51. The van der Waals surface area contributed by atoms with Crippen molar-refractivity contribution in [2.45, 2.75) is 20.8 Å². The lowest BCUT2D eigenvalue weighted by molar-refractivity contribution is 0.516. The summed E-state index contributed by atoms with van der Waals surface area (Å²) >= 11 is 0. The molecule has 0 amide bonds. The zero-order valence-corrected chi connectivity index (χ0v) is 9.44. The molecular formula is C12H15F2N. The highest BCUT2D eigenvalue weighted by molar-refractivity contribution is 5.84. The maximum atomic E-state index is 13.3. The van der Waals surface area contributed by atoms with Crippen molar-refractivity contribution in [3.63, 3.8) is 0 Å². The van der Waals surface area contributed by atoms with Gasteiger partial charge in [-0.1, -0.05) is 13.8 Å². The van der Waals surface area contributed by atoms with Gasteiger partial charge in [-0.3, -0.25) is 0 Å². The minimum Gasteiger partial charge on any atom is -0.350 e. The monoisotopic (exact) mass is 211 g/mol. The molecule has 2 rings (SSSR count). The number of hydrogen-bond donors (Lipinski definition) is 0. The maximum Gasteiger partial charge on any atom is 0.168 e. The number of hydrogen-bond acceptors (Lipinski definition) is 0. The fourth-order valence-electron chi connectivity index (χ4n) is 1.63. The molecule has 0 aliphatic rings. The highest BCUT2D eigenvalue weighted by Crippen LogP contribution is 2.24. The second-order valence-electron chi connectivity index (χ2n) is 3.18. The highest BCUT2D eigenvalue weighted by Gasteiger charge is 2.11. The molecule has 0 unspecified atom stereocenters. The minimum absolute atomic E-state index is 0.377. The van der Waals surface area contributed by atoms with Crippen molar-refractivity contribution in [3.05, 3.63) is 35.5 Å². The molecule has 0 spiro atoms. The molecular weight excluding hydrogens is 196 g/mol. The van der Waals surface area contributed by atoms with E-state index >= 15 is 0 Å². The molecule has 1 nitrogen and oxygen atoms in total. The minimum atomic E-state index is -0.790. The predicted octanol–water partition coefficient (Wildman–Crippen LogP) is 3.79. The van der Waals surface area contributed by atoms with Crippen LogP contribution in [0.5, 0.6) is 0 Å². The van der Waals surface area contributed by atoms with Gasteiger partial charge in [0.1, 0.15) is 0 Å². The van der Waals surface area contributed by atoms with E-state index in [1.165, 1.54) is 0 Å². The van der Waals surface area contributed by atoms with Crippen LogP contribution in [0.3, 0.4) is 0 Å². The van der Waals surface area contributed by atoms with Gasteiger partial charge in [0.15, 0.2) is 11.6 Å². The summed E-state index contributed by atoms with van der Waals surface area (Å²) < 4.78 is 27.9. The molecule has 3 heteroatoms. The van der Waals surface area contributed by atoms with Crippen LogP contribution in [0.4, 0.5) is 8.78 Å². The number of halogens is 2. The lowest BCUT2D eigenvalue weighted by Gasteiger charge is -1.97. The van der Waals surface area contributed by atoms with E-state index in [0.29, 0.717) is 5.39 Å². The third-order valence-electron chi connectivity index (χ3n) is 2.23. The summed E-state index contributed by atoms with van der Waals surface area (Å²) in [5, 5.41) is 0.377. The predicted molar refractivity (Wildman–Crippen MR) is 58.9 cm³/mol. The van der Waals surface area contributed by atoms with Crippen molar-refractivity contribution in [2.24, 2.45) is 7.05 Å². The molecule has 0 atom stereocenters. The van der Waals surface area contributed by atoms with Crippen molar-refractivity contribution in [2.75, 3.05) is 0 Å². The molecule has 0 aliphatic carbocycles. The first-order valence-electron chi connectivity index (χ1n) is 5.01. The number of nitrogens with zero attached hydrogens (tertiary/aromatic N) is 1. The van der Waals surface area contributed by atoms with E-state index in [4.69, 9.17) is 0 Å². The van der Waals surface area contributed by atoms with Gasteiger partial charge in [-0.2, -0.15) is 0 Å². The van der Waals surface area contributed by atoms with Crippen LogP contribution in [-0.4, -0.2) is 4.57 Å². The summed E-state index contributed by atoms with van der Waals surface area (Å²) in [6.45, 7) is 5.77. The van der Waals surface area contributed by atoms with E-state index < -0.39 is 11.6 Å². The number of rotatable bonds is 0. The standard InChI is InChI=1S/C10H9F2N.C2H6/c1-6-5-13(2)8-4-3-7(11)10(12)9(6)8;1-2/h3-5H,1-2H3;1-2H3. The fourth-order valence-corrected chi connectivity index (χ4v) is 1.63. The van der Waals surface area contributed by atoms with Crippen molar-refractivity contribution in [3.8, 4) is 0 Å². The van der Waals surface area contributed by atoms with Crippen LogP contribution in [-0.2, 0) is 7.05 Å². The Morgan fingerprint density at radius 1 is 1.13 bits per heavy atom. The molecule has 0 N–H and O–H groups in total. The van der Waals surface area contributed by atoms with Crippen LogP contribution in [0.25, 0.3) is 10.9 Å². The van der Waals surface area contributed by atoms with Crippen LogP contribution >= 0.6 is 0 Å². The Bertz CT molecular complexity index is 472. The van der Waals surface area contributed by atoms with Crippen molar-refractivity contribution in [1.82, 2.24) is 4.57 Å². The van der Waals surface area contributed by atoms with Crippen LogP contribution < -0.4 is 0 Å². The quantitative estimate of drug-likeness (QED) is 0.624. The van der Waals surface area contributed by atoms with Crippen molar-refractivity contribution < 1.29 is 8.78 Å². The van der Waals surface area contributed by atoms with Gasteiger partial charge < -0.3 is 4.57 Å². The first-order chi connectivity index (χ1) is 7.11. The largest absolute Gasteiger partial charge is 0.350 e. The Labute approximate surface area is 88.3 Å². The normalized spacial score (nSPS) is 10.0. The summed E-state index contributed by atoms with van der Waals surface area (Å²) in [4.78, 5) is 0. The van der Waals surface area contributed by atoms with E-state index in [1.807, 2.05) is 20.9 Å². The Morgan fingerprint density at radius 3 is 2.33 bits per heavy atom. The topological polar surface area (TPSA) is 4.93 Å². The Balaban J connectivity index is 0.000000531. The van der Waals surface area contributed by atoms with Crippen molar-refractivity contribution in [1.29, 1.82) is 0 Å². The number of benzene rings is 1. The van der Waals surface area contributed by atoms with Gasteiger partial charge >= 0.3 is 0 Å². The molecule has 0 bridgehead atoms. The summed E-state index contributed by atoms with van der Waals surface area (Å²) in [7, 11) is 1.81. The van der Waals surface area contributed by atoms with E-state index in [-0.39, 0.29) is 0 Å². The lowest BCUT2D eigenvalue weighted by atomic mass is 10.2. The molecule has 0 radical (unpaired) electrons. The molecule has 0 fully saturated rings. The van der Waals surface area contributed by atoms with E-state index in [2.05, 4.69) is 0 Å². The Kier molecular flexibility index (Phi) is 3.45. The molecule has 0 saturated heterocycles. The van der Waals surface area contributed by atoms with Crippen LogP contribution in [0.2, 0.25) is 0 Å². The van der Waals surface area contributed by atoms with Gasteiger partial charge in [0.25, 0.3) is 0 Å². The Hall–Kier alpha value is -1.38. The zero-order valence-electron chi connectivity index (χ0n) is 9.44. The summed E-state index contributed by atoms with van der Waals surface area (Å²) in [5.41, 5.74) is 1.48. The summed E-state index contributed by atoms with van der Waals surface area (Å²) in [6, 6.07) is 2.73. The first-order valence-corrected chi connectivity index (χ1v) is 5.01. The number of aromatic nitrogens is 1. The summed E-state index contributed by atoms with van der Waals surface area (Å²) in [5.74, 6) is -1.54. The molecule has 1 heterocycles. The molecule has 15 heavy (non-hydrogen) atoms. The molecule has 0 saturated carbocycles. The smallest absolute Gasteiger partial charge is 0.168 e. The number of fused-ring (bicyclic) bond motifs is 1. The number of aryl methyl sites for hydroxylation is 2. The van der Waals surface area contributed by atoms with E-state index in [1.54, 1.807) is 23.8 Å². The second-order valence-corrected chi connectivity index (χ2v) is 3.18. The zero-order chi connectivity index (χ0) is 11.6. The fraction of sp³-hybridized carbons (Fsp3) is 0.333. The van der Waals surface area contributed by atoms with Crippen molar-refractivity contribution >= 4 is 10.9 Å². The van der Waals surface area contributed by atoms with Gasteiger partial charge in [-0.25, -0.2) is 8.78 Å². The molecule has 2 aromatic rings. The molecule has 0 aliphatic heterocycles. The van der Waals surface area contributed by atoms with Crippen LogP contribution in [0, 0.1) is 18.6 Å². The third kappa shape index (κ3) is 1.87. The average molecular weight is 211 g/mol. The SMILES string of the molecule is CC.Cc1cn(C)c2ccc(F)c(F)c12. The summed E-state index contributed by atoms with van der Waals surface area (Å²) in [6.07, 6.45) is 1.78. The lowest BCUT2D eigenvalue weighted by Crippen LogP contribution is -1.87. The highest BCUT2D eigenvalue weighted by atomic mass is 19.2. The second kappa shape index (κ2) is 4.43. The van der Waals surface area contributed by atoms with Gasteiger partial charge in [0.05, 0.1) is 5.52 Å². The van der Waals surface area contributed by atoms with Gasteiger partial charge in [-0.05, 0) is 24.6 Å². The van der Waals surface area contributed by atoms with E-state index in [9.17, 15) is 8.78 Å². The molecule has 82 valence electrons. The molecule has 1 aromatic heterocycles. The van der Waals surface area contributed by atoms with Gasteiger partial charge in [-0.15, -0.1) is 0 Å². The van der Waals surface area contributed by atoms with Crippen LogP contribution in [0.15, 0.2) is 18.3 Å². The molecule has 1 aromatic carbocycles. The maximum absolute atomic E-state index is 13.3. The third-order valence-corrected chi connectivity index (χ3v) is 2.23. The van der Waals surface area contributed by atoms with E-state index in [0.717, 1.165) is 17.1 Å². The van der Waals surface area contributed by atoms with Gasteiger partial charge in [0.2, 0.25) is 0 Å². The van der Waals surface area contributed by atoms with Gasteiger partial charge in [0, 0.05) is 18.6 Å².